The van der Waals surface area contributed by atoms with Crippen molar-refractivity contribution < 1.29 is 4.39 Å². The summed E-state index contributed by atoms with van der Waals surface area (Å²) in [7, 11) is 0. The Bertz CT molecular complexity index is 452. The van der Waals surface area contributed by atoms with Crippen molar-refractivity contribution in [1.29, 1.82) is 0 Å². The van der Waals surface area contributed by atoms with Gasteiger partial charge in [-0.3, -0.25) is 0 Å². The van der Waals surface area contributed by atoms with Gasteiger partial charge >= 0.3 is 0 Å². The third kappa shape index (κ3) is 3.95. The van der Waals surface area contributed by atoms with Gasteiger partial charge in [-0.2, -0.15) is 0 Å². The van der Waals surface area contributed by atoms with Gasteiger partial charge in [-0.25, -0.2) is 4.39 Å². The average molecular weight is 328 g/mol. The number of hydrogen-bond donors (Lipinski definition) is 1. The molecule has 106 valence electrons. The Morgan fingerprint density at radius 1 is 1.16 bits per heavy atom. The molecule has 0 unspecified atom stereocenters. The van der Waals surface area contributed by atoms with Crippen LogP contribution < -0.4 is 5.32 Å². The first kappa shape index (κ1) is 14.8. The van der Waals surface area contributed by atoms with Crippen molar-refractivity contribution in [3.05, 3.63) is 28.5 Å². The summed E-state index contributed by atoms with van der Waals surface area (Å²) in [6, 6.07) is 5.40. The maximum atomic E-state index is 13.8. The molecule has 0 spiro atoms. The molecule has 0 aliphatic heterocycles. The topological polar surface area (TPSA) is 12.0 Å². The van der Waals surface area contributed by atoms with E-state index in [0.717, 1.165) is 17.3 Å². The summed E-state index contributed by atoms with van der Waals surface area (Å²) < 4.78 is 14.7. The summed E-state index contributed by atoms with van der Waals surface area (Å²) in [4.78, 5) is 0. The summed E-state index contributed by atoms with van der Waals surface area (Å²) in [5.41, 5.74) is 1.22. The molecule has 0 aromatic heterocycles. The highest BCUT2D eigenvalue weighted by molar-refractivity contribution is 9.10. The second kappa shape index (κ2) is 5.08. The predicted octanol–water partition coefficient (Wildman–Crippen LogP) is 5.61. The second-order valence-electron chi connectivity index (χ2n) is 7.38. The molecule has 1 aliphatic rings. The van der Waals surface area contributed by atoms with Crippen molar-refractivity contribution in [3.63, 3.8) is 0 Å². The van der Waals surface area contributed by atoms with Gasteiger partial charge in [0, 0.05) is 10.5 Å². The molecule has 0 bridgehead atoms. The predicted molar refractivity (Wildman–Crippen MR) is 82.9 cm³/mol. The molecule has 19 heavy (non-hydrogen) atoms. The molecule has 0 saturated heterocycles. The van der Waals surface area contributed by atoms with Crippen molar-refractivity contribution >= 4 is 21.6 Å². The molecule has 0 amide bonds. The van der Waals surface area contributed by atoms with Gasteiger partial charge in [-0.15, -0.1) is 0 Å². The first-order valence-electron chi connectivity index (χ1n) is 6.89. The van der Waals surface area contributed by atoms with E-state index in [9.17, 15) is 4.39 Å². The lowest BCUT2D eigenvalue weighted by molar-refractivity contribution is 0.105. The van der Waals surface area contributed by atoms with Crippen LogP contribution in [-0.4, -0.2) is 6.04 Å². The molecule has 3 heteroatoms. The Hall–Kier alpha value is -0.570. The number of nitrogens with one attached hydrogen (secondary N) is 1. The van der Waals surface area contributed by atoms with Crippen LogP contribution >= 0.6 is 15.9 Å². The van der Waals surface area contributed by atoms with E-state index in [4.69, 9.17) is 0 Å². The lowest BCUT2D eigenvalue weighted by Gasteiger charge is -2.45. The number of halogens is 2. The SMILES string of the molecule is CC1(C)CC(Nc2cc(Br)ccc2F)CC(C)(C)C1. The third-order valence-corrected chi connectivity index (χ3v) is 4.34. The minimum absolute atomic E-state index is 0.176. The van der Waals surface area contributed by atoms with Crippen LogP contribution in [0.25, 0.3) is 0 Å². The highest BCUT2D eigenvalue weighted by atomic mass is 79.9. The lowest BCUT2D eigenvalue weighted by atomic mass is 9.63. The van der Waals surface area contributed by atoms with E-state index >= 15 is 0 Å². The average Bonchev–Trinajstić information content (AvgIpc) is 2.18. The molecule has 1 fully saturated rings. The van der Waals surface area contributed by atoms with Crippen molar-refractivity contribution in [2.24, 2.45) is 10.8 Å². The lowest BCUT2D eigenvalue weighted by Crippen LogP contribution is -2.40. The van der Waals surface area contributed by atoms with Crippen LogP contribution in [0, 0.1) is 16.6 Å². The Labute approximate surface area is 124 Å². The van der Waals surface area contributed by atoms with Crippen LogP contribution in [0.15, 0.2) is 22.7 Å². The van der Waals surface area contributed by atoms with Crippen LogP contribution in [-0.2, 0) is 0 Å². The quantitative estimate of drug-likeness (QED) is 0.744. The third-order valence-electron chi connectivity index (χ3n) is 3.84. The summed E-state index contributed by atoms with van der Waals surface area (Å²) in [5, 5.41) is 3.40. The maximum Gasteiger partial charge on any atom is 0.146 e. The van der Waals surface area contributed by atoms with Crippen molar-refractivity contribution in [2.75, 3.05) is 5.32 Å². The van der Waals surface area contributed by atoms with Gasteiger partial charge in [0.05, 0.1) is 5.69 Å². The zero-order chi connectivity index (χ0) is 14.3. The highest BCUT2D eigenvalue weighted by Gasteiger charge is 2.38. The van der Waals surface area contributed by atoms with Crippen molar-refractivity contribution in [1.82, 2.24) is 0 Å². The summed E-state index contributed by atoms with van der Waals surface area (Å²) in [5.74, 6) is -0.176. The Balaban J connectivity index is 2.16. The van der Waals surface area contributed by atoms with Gasteiger partial charge in [0.2, 0.25) is 0 Å². The van der Waals surface area contributed by atoms with E-state index in [1.54, 1.807) is 6.07 Å². The van der Waals surface area contributed by atoms with Gasteiger partial charge in [-0.1, -0.05) is 43.6 Å². The van der Waals surface area contributed by atoms with Crippen LogP contribution in [0.2, 0.25) is 0 Å². The van der Waals surface area contributed by atoms with Gasteiger partial charge in [0.1, 0.15) is 5.82 Å². The van der Waals surface area contributed by atoms with Gasteiger partial charge in [0.25, 0.3) is 0 Å². The Morgan fingerprint density at radius 3 is 2.32 bits per heavy atom. The minimum Gasteiger partial charge on any atom is -0.380 e. The van der Waals surface area contributed by atoms with Crippen LogP contribution in [0.3, 0.4) is 0 Å². The molecule has 1 aliphatic carbocycles. The van der Waals surface area contributed by atoms with Gasteiger partial charge in [0.15, 0.2) is 0 Å². The standard InChI is InChI=1S/C16H23BrFN/c1-15(2)8-12(9-16(3,4)10-15)19-14-7-11(17)5-6-13(14)18/h5-7,12,19H,8-10H2,1-4H3. The molecule has 1 aromatic rings. The zero-order valence-electron chi connectivity index (χ0n) is 12.2. The van der Waals surface area contributed by atoms with E-state index in [1.807, 2.05) is 6.07 Å². The zero-order valence-corrected chi connectivity index (χ0v) is 13.8. The van der Waals surface area contributed by atoms with E-state index in [0.29, 0.717) is 22.6 Å². The summed E-state index contributed by atoms with van der Waals surface area (Å²) in [6.45, 7) is 9.22. The van der Waals surface area contributed by atoms with E-state index < -0.39 is 0 Å². The van der Waals surface area contributed by atoms with E-state index in [-0.39, 0.29) is 5.82 Å². The first-order chi connectivity index (χ1) is 8.67. The van der Waals surface area contributed by atoms with E-state index in [1.165, 1.54) is 12.5 Å². The number of anilines is 1. The molecule has 1 nitrogen and oxygen atoms in total. The fraction of sp³-hybridized carbons (Fsp3) is 0.625. The molecular formula is C16H23BrFN. The summed E-state index contributed by atoms with van der Waals surface area (Å²) >= 11 is 3.40. The fourth-order valence-electron chi connectivity index (χ4n) is 3.78. The molecule has 1 N–H and O–H groups in total. The highest BCUT2D eigenvalue weighted by Crippen LogP contribution is 2.46. The smallest absolute Gasteiger partial charge is 0.146 e. The molecule has 2 rings (SSSR count). The largest absolute Gasteiger partial charge is 0.380 e. The molecule has 0 radical (unpaired) electrons. The summed E-state index contributed by atoms with van der Waals surface area (Å²) in [6.07, 6.45) is 3.39. The molecule has 1 aromatic carbocycles. The van der Waals surface area contributed by atoms with Crippen LogP contribution in [0.4, 0.5) is 10.1 Å². The van der Waals surface area contributed by atoms with Crippen molar-refractivity contribution in [3.8, 4) is 0 Å². The number of benzene rings is 1. The molecular weight excluding hydrogens is 305 g/mol. The molecule has 1 saturated carbocycles. The van der Waals surface area contributed by atoms with Crippen LogP contribution in [0.5, 0.6) is 0 Å². The molecule has 0 heterocycles. The van der Waals surface area contributed by atoms with Crippen LogP contribution in [0.1, 0.15) is 47.0 Å². The first-order valence-corrected chi connectivity index (χ1v) is 7.68. The van der Waals surface area contributed by atoms with E-state index in [2.05, 4.69) is 48.9 Å². The maximum absolute atomic E-state index is 13.8. The minimum atomic E-state index is -0.176. The fourth-order valence-corrected chi connectivity index (χ4v) is 4.14. The normalized spacial score (nSPS) is 22.2. The Kier molecular flexibility index (Phi) is 3.97. The second-order valence-corrected chi connectivity index (χ2v) is 8.29. The van der Waals surface area contributed by atoms with Gasteiger partial charge in [-0.05, 0) is 48.3 Å². The van der Waals surface area contributed by atoms with Crippen molar-refractivity contribution in [2.45, 2.75) is 53.0 Å². The number of hydrogen-bond acceptors (Lipinski definition) is 1. The Morgan fingerprint density at radius 2 is 1.74 bits per heavy atom. The molecule has 0 atom stereocenters. The monoisotopic (exact) mass is 327 g/mol. The van der Waals surface area contributed by atoms with Gasteiger partial charge < -0.3 is 5.32 Å². The number of rotatable bonds is 2.